The molecule has 1 aliphatic carbocycles. The molecule has 2 radical (unpaired) electrons. The third-order valence-electron chi connectivity index (χ3n) is 4.45. The van der Waals surface area contributed by atoms with E-state index in [1.807, 2.05) is 13.8 Å². The summed E-state index contributed by atoms with van der Waals surface area (Å²) in [5.74, 6) is 0.284. The van der Waals surface area contributed by atoms with Gasteiger partial charge in [0.25, 0.3) is 7.82 Å². The first-order valence-corrected chi connectivity index (χ1v) is 7.57. The van der Waals surface area contributed by atoms with Gasteiger partial charge in [-0.15, -0.1) is 0 Å². The first kappa shape index (κ1) is 14.5. The van der Waals surface area contributed by atoms with E-state index in [-0.39, 0.29) is 17.4 Å². The van der Waals surface area contributed by atoms with Gasteiger partial charge >= 0.3 is 0 Å². The molecule has 7 heteroatoms. The SMILES string of the molecule is [B]C1C[C@@]2(OP(=O)([O-])OC)C[C@H](C)C(C)(C)[C@H]2O1. The second kappa shape index (κ2) is 4.32. The van der Waals surface area contributed by atoms with E-state index in [1.54, 1.807) is 0 Å². The molecule has 0 N–H and O–H groups in total. The Bertz CT molecular complexity index is 388. The highest BCUT2D eigenvalue weighted by Gasteiger charge is 2.63. The van der Waals surface area contributed by atoms with E-state index in [1.165, 1.54) is 0 Å². The van der Waals surface area contributed by atoms with Gasteiger partial charge in [0.15, 0.2) is 0 Å². The fraction of sp³-hybridized carbons (Fsp3) is 1.00. The van der Waals surface area contributed by atoms with Crippen LogP contribution in [0.1, 0.15) is 33.6 Å². The normalized spacial score (nSPS) is 45.7. The number of hydrogen-bond acceptors (Lipinski definition) is 5. The van der Waals surface area contributed by atoms with Crippen LogP contribution in [-0.4, -0.2) is 32.7 Å². The molecule has 0 amide bonds. The molecular weight excluding hydrogens is 254 g/mol. The third kappa shape index (κ3) is 2.18. The van der Waals surface area contributed by atoms with E-state index in [4.69, 9.17) is 17.1 Å². The summed E-state index contributed by atoms with van der Waals surface area (Å²) in [5.41, 5.74) is -1.06. The minimum atomic E-state index is -4.30. The molecule has 0 aromatic carbocycles. The molecular formula is C11H19BO5P-. The summed E-state index contributed by atoms with van der Waals surface area (Å²) in [4.78, 5) is 11.6. The van der Waals surface area contributed by atoms with E-state index in [0.29, 0.717) is 12.8 Å². The average Bonchev–Trinajstić information content (AvgIpc) is 2.61. The van der Waals surface area contributed by atoms with Gasteiger partial charge in [0.1, 0.15) is 13.4 Å². The number of rotatable bonds is 3. The standard InChI is InChI=1S/C11H20BO5P/c1-7-5-11(17-18(13,14)15-4)6-8(12)16-9(11)10(7,2)3/h7-9H,5-6H2,1-4H3,(H,13,14)/p-1/t7-,8?,9+,11-/m0/s1. The van der Waals surface area contributed by atoms with E-state index in [9.17, 15) is 9.46 Å². The van der Waals surface area contributed by atoms with Crippen LogP contribution in [0.4, 0.5) is 0 Å². The molecule has 0 aromatic rings. The molecule has 1 saturated heterocycles. The molecule has 1 saturated carbocycles. The lowest BCUT2D eigenvalue weighted by atomic mass is 9.81. The molecule has 2 unspecified atom stereocenters. The molecule has 2 rings (SSSR count). The first-order valence-electron chi connectivity index (χ1n) is 6.11. The van der Waals surface area contributed by atoms with Crippen LogP contribution in [0.5, 0.6) is 0 Å². The zero-order valence-corrected chi connectivity index (χ0v) is 12.1. The van der Waals surface area contributed by atoms with Crippen molar-refractivity contribution in [1.29, 1.82) is 0 Å². The number of phosphoric ester groups is 1. The van der Waals surface area contributed by atoms with Crippen molar-refractivity contribution in [1.82, 2.24) is 0 Å². The Kier molecular flexibility index (Phi) is 3.49. The Labute approximate surface area is 109 Å². The summed E-state index contributed by atoms with van der Waals surface area (Å²) >= 11 is 0. The van der Waals surface area contributed by atoms with Crippen LogP contribution in [0, 0.1) is 11.3 Å². The van der Waals surface area contributed by atoms with Crippen LogP contribution in [0.2, 0.25) is 0 Å². The highest BCUT2D eigenvalue weighted by Crippen LogP contribution is 2.61. The topological polar surface area (TPSA) is 67.8 Å². The summed E-state index contributed by atoms with van der Waals surface area (Å²) in [5, 5.41) is 0. The van der Waals surface area contributed by atoms with Crippen molar-refractivity contribution in [2.75, 3.05) is 7.11 Å². The highest BCUT2D eigenvalue weighted by molar-refractivity contribution is 7.45. The molecule has 0 aromatic heterocycles. The number of hydrogen-bond donors (Lipinski definition) is 0. The predicted octanol–water partition coefficient (Wildman–Crippen LogP) is 1.21. The molecule has 5 atom stereocenters. The maximum Gasteiger partial charge on any atom is 0.268 e. The lowest BCUT2D eigenvalue weighted by Gasteiger charge is -2.37. The van der Waals surface area contributed by atoms with Crippen LogP contribution >= 0.6 is 7.82 Å². The van der Waals surface area contributed by atoms with Crippen molar-refractivity contribution in [2.24, 2.45) is 11.3 Å². The Morgan fingerprint density at radius 1 is 1.44 bits per heavy atom. The number of fused-ring (bicyclic) bond motifs is 1. The van der Waals surface area contributed by atoms with Crippen LogP contribution < -0.4 is 4.89 Å². The average molecular weight is 273 g/mol. The van der Waals surface area contributed by atoms with Crippen molar-refractivity contribution in [2.45, 2.75) is 51.3 Å². The predicted molar refractivity (Wildman–Crippen MR) is 65.0 cm³/mol. The molecule has 0 spiro atoms. The van der Waals surface area contributed by atoms with Gasteiger partial charge in [-0.1, -0.05) is 20.8 Å². The molecule has 102 valence electrons. The maximum absolute atomic E-state index is 11.6. The van der Waals surface area contributed by atoms with E-state index >= 15 is 0 Å². The van der Waals surface area contributed by atoms with Gasteiger partial charge < -0.3 is 18.7 Å². The molecule has 0 bridgehead atoms. The quantitative estimate of drug-likeness (QED) is 0.571. The Morgan fingerprint density at radius 3 is 2.61 bits per heavy atom. The van der Waals surface area contributed by atoms with Gasteiger partial charge in [0.2, 0.25) is 0 Å². The smallest absolute Gasteiger partial charge is 0.268 e. The molecule has 5 nitrogen and oxygen atoms in total. The fourth-order valence-electron chi connectivity index (χ4n) is 3.26. The van der Waals surface area contributed by atoms with Crippen LogP contribution in [0.3, 0.4) is 0 Å². The van der Waals surface area contributed by atoms with E-state index in [0.717, 1.165) is 7.11 Å². The van der Waals surface area contributed by atoms with Crippen molar-refractivity contribution >= 4 is 15.7 Å². The lowest BCUT2D eigenvalue weighted by molar-refractivity contribution is -0.237. The van der Waals surface area contributed by atoms with Crippen molar-refractivity contribution in [3.8, 4) is 0 Å². The summed E-state index contributed by atoms with van der Waals surface area (Å²) in [7, 11) is 2.60. The summed E-state index contributed by atoms with van der Waals surface area (Å²) < 4.78 is 27.0. The molecule has 2 aliphatic rings. The van der Waals surface area contributed by atoms with Gasteiger partial charge in [-0.25, -0.2) is 0 Å². The monoisotopic (exact) mass is 273 g/mol. The minimum absolute atomic E-state index is 0.179. The van der Waals surface area contributed by atoms with Crippen molar-refractivity contribution in [3.05, 3.63) is 0 Å². The van der Waals surface area contributed by atoms with Gasteiger partial charge in [0.05, 0.1) is 6.10 Å². The second-order valence-electron chi connectivity index (χ2n) is 5.97. The molecule has 1 heterocycles. The van der Waals surface area contributed by atoms with Crippen molar-refractivity contribution < 1.29 is 23.2 Å². The van der Waals surface area contributed by atoms with Crippen LogP contribution in [0.15, 0.2) is 0 Å². The number of ether oxygens (including phenoxy) is 1. The number of phosphoric acid groups is 1. The fourth-order valence-corrected chi connectivity index (χ4v) is 4.02. The highest BCUT2D eigenvalue weighted by atomic mass is 31.2. The minimum Gasteiger partial charge on any atom is -0.756 e. The molecule has 2 fully saturated rings. The summed E-state index contributed by atoms with van der Waals surface area (Å²) in [6.07, 6.45) is 0.655. The zero-order valence-electron chi connectivity index (χ0n) is 11.2. The lowest BCUT2D eigenvalue weighted by Crippen LogP contribution is -2.42. The van der Waals surface area contributed by atoms with Gasteiger partial charge in [-0.3, -0.25) is 4.57 Å². The van der Waals surface area contributed by atoms with Gasteiger partial charge in [-0.05, 0) is 24.2 Å². The van der Waals surface area contributed by atoms with Crippen LogP contribution in [-0.2, 0) is 18.3 Å². The first-order chi connectivity index (χ1) is 8.13. The third-order valence-corrected chi connectivity index (χ3v) is 5.48. The largest absolute Gasteiger partial charge is 0.756 e. The maximum atomic E-state index is 11.6. The Morgan fingerprint density at radius 2 is 2.06 bits per heavy atom. The Hall–Kier alpha value is 0.135. The molecule has 18 heavy (non-hydrogen) atoms. The molecule has 1 aliphatic heterocycles. The van der Waals surface area contributed by atoms with Crippen molar-refractivity contribution in [3.63, 3.8) is 0 Å². The summed E-state index contributed by atoms with van der Waals surface area (Å²) in [6.45, 7) is 6.17. The van der Waals surface area contributed by atoms with E-state index < -0.39 is 19.4 Å². The second-order valence-corrected chi connectivity index (χ2v) is 7.41. The summed E-state index contributed by atoms with van der Waals surface area (Å²) in [6, 6.07) is -0.487. The zero-order chi connectivity index (χ0) is 13.8. The van der Waals surface area contributed by atoms with Gasteiger partial charge in [0, 0.05) is 13.1 Å². The van der Waals surface area contributed by atoms with Gasteiger partial charge in [-0.2, -0.15) is 0 Å². The van der Waals surface area contributed by atoms with E-state index in [2.05, 4.69) is 11.4 Å². The van der Waals surface area contributed by atoms with Crippen LogP contribution in [0.25, 0.3) is 0 Å². The Balaban J connectivity index is 2.32.